The van der Waals surface area contributed by atoms with E-state index < -0.39 is 0 Å². The Morgan fingerprint density at radius 2 is 0.949 bits per heavy atom. The van der Waals surface area contributed by atoms with Gasteiger partial charge in [-0.25, -0.2) is 0 Å². The van der Waals surface area contributed by atoms with Gasteiger partial charge in [0.25, 0.3) is 0 Å². The van der Waals surface area contributed by atoms with E-state index in [0.29, 0.717) is 0 Å². The second-order valence-corrected chi connectivity index (χ2v) is 9.95. The van der Waals surface area contributed by atoms with E-state index in [2.05, 4.69) is 168 Å². The van der Waals surface area contributed by atoms with Crippen molar-refractivity contribution in [1.82, 2.24) is 4.57 Å². The summed E-state index contributed by atoms with van der Waals surface area (Å²) in [5.41, 5.74) is 10.7. The molecule has 0 unspecified atom stereocenters. The van der Waals surface area contributed by atoms with Gasteiger partial charge in [-0.2, -0.15) is 0 Å². The minimum absolute atomic E-state index is 1.16. The van der Waals surface area contributed by atoms with Crippen LogP contribution in [0.15, 0.2) is 152 Å². The quantitative estimate of drug-likeness (QED) is 0.228. The monoisotopic (exact) mass is 500 g/mol. The van der Waals surface area contributed by atoms with Gasteiger partial charge in [-0.05, 0) is 76.9 Å². The van der Waals surface area contributed by atoms with Crippen LogP contribution in [0.4, 0.5) is 11.4 Å². The van der Waals surface area contributed by atoms with Gasteiger partial charge in [-0.15, -0.1) is 0 Å². The third-order valence-corrected chi connectivity index (χ3v) is 7.58. The second kappa shape index (κ2) is 9.66. The summed E-state index contributed by atoms with van der Waals surface area (Å²) in [6, 6.07) is 54.3. The Hall–Kier alpha value is -5.08. The summed E-state index contributed by atoms with van der Waals surface area (Å²) in [5.74, 6) is 0. The standard InChI is InChI=1S/C37H28N2/c1-38(31-17-9-4-10-18-31)32-21-22-37-35(26-32)34-19-11-12-20-36(34)39(37)33-24-29(27-13-5-2-6-14-27)23-30(25-33)28-15-7-3-8-16-28/h2-26H,1H3. The van der Waals surface area contributed by atoms with Crippen LogP contribution in [0, 0.1) is 0 Å². The van der Waals surface area contributed by atoms with E-state index in [0.717, 1.165) is 5.69 Å². The van der Waals surface area contributed by atoms with E-state index >= 15 is 0 Å². The first kappa shape index (κ1) is 23.1. The van der Waals surface area contributed by atoms with Gasteiger partial charge in [0.1, 0.15) is 0 Å². The molecule has 186 valence electrons. The predicted molar refractivity (Wildman–Crippen MR) is 166 cm³/mol. The number of aromatic nitrogens is 1. The zero-order valence-corrected chi connectivity index (χ0v) is 21.8. The molecule has 0 N–H and O–H groups in total. The fourth-order valence-corrected chi connectivity index (χ4v) is 5.58. The Kier molecular flexibility index (Phi) is 5.71. The molecular formula is C37H28N2. The lowest BCUT2D eigenvalue weighted by Crippen LogP contribution is -2.08. The zero-order valence-electron chi connectivity index (χ0n) is 21.8. The molecule has 0 aliphatic rings. The molecule has 0 bridgehead atoms. The second-order valence-electron chi connectivity index (χ2n) is 9.95. The van der Waals surface area contributed by atoms with Crippen molar-refractivity contribution in [2.24, 2.45) is 0 Å². The largest absolute Gasteiger partial charge is 0.345 e. The van der Waals surface area contributed by atoms with Gasteiger partial charge >= 0.3 is 0 Å². The Labute approximate surface area is 229 Å². The fraction of sp³-hybridized carbons (Fsp3) is 0.0270. The molecule has 1 aromatic heterocycles. The molecule has 0 saturated carbocycles. The van der Waals surface area contributed by atoms with Crippen molar-refractivity contribution in [2.45, 2.75) is 0 Å². The molecule has 6 aromatic carbocycles. The Morgan fingerprint density at radius 3 is 1.59 bits per heavy atom. The summed E-state index contributed by atoms with van der Waals surface area (Å²) >= 11 is 0. The van der Waals surface area contributed by atoms with Gasteiger partial charge in [0.2, 0.25) is 0 Å². The third-order valence-electron chi connectivity index (χ3n) is 7.58. The maximum Gasteiger partial charge on any atom is 0.0542 e. The molecule has 0 amide bonds. The lowest BCUT2D eigenvalue weighted by atomic mass is 9.98. The molecule has 2 nitrogen and oxygen atoms in total. The number of benzene rings is 6. The van der Waals surface area contributed by atoms with Crippen molar-refractivity contribution in [3.63, 3.8) is 0 Å². The fourth-order valence-electron chi connectivity index (χ4n) is 5.58. The summed E-state index contributed by atoms with van der Waals surface area (Å²) < 4.78 is 2.41. The summed E-state index contributed by atoms with van der Waals surface area (Å²) in [7, 11) is 2.13. The first-order chi connectivity index (χ1) is 19.3. The average Bonchev–Trinajstić information content (AvgIpc) is 3.35. The van der Waals surface area contributed by atoms with Gasteiger partial charge < -0.3 is 9.47 Å². The minimum Gasteiger partial charge on any atom is -0.345 e. The van der Waals surface area contributed by atoms with Gasteiger partial charge in [-0.3, -0.25) is 0 Å². The van der Waals surface area contributed by atoms with E-state index in [1.54, 1.807) is 0 Å². The Morgan fingerprint density at radius 1 is 0.410 bits per heavy atom. The maximum absolute atomic E-state index is 2.41. The molecule has 0 spiro atoms. The van der Waals surface area contributed by atoms with Crippen molar-refractivity contribution >= 4 is 33.2 Å². The summed E-state index contributed by atoms with van der Waals surface area (Å²) in [6.45, 7) is 0. The first-order valence-corrected chi connectivity index (χ1v) is 13.3. The summed E-state index contributed by atoms with van der Waals surface area (Å²) in [4.78, 5) is 2.25. The Bertz CT molecular complexity index is 1840. The molecule has 0 fully saturated rings. The number of anilines is 2. The molecular weight excluding hydrogens is 472 g/mol. The van der Waals surface area contributed by atoms with Crippen LogP contribution in [0.2, 0.25) is 0 Å². The average molecular weight is 501 g/mol. The lowest BCUT2D eigenvalue weighted by molar-refractivity contribution is 1.18. The minimum atomic E-state index is 1.16. The highest BCUT2D eigenvalue weighted by atomic mass is 15.1. The normalized spacial score (nSPS) is 11.2. The van der Waals surface area contributed by atoms with Crippen LogP contribution in [0.5, 0.6) is 0 Å². The molecule has 0 aliphatic carbocycles. The summed E-state index contributed by atoms with van der Waals surface area (Å²) in [5, 5.41) is 2.50. The van der Waals surface area contributed by atoms with Gasteiger partial charge in [-0.1, -0.05) is 97.1 Å². The number of hydrogen-bond donors (Lipinski definition) is 0. The van der Waals surface area contributed by atoms with Crippen molar-refractivity contribution in [3.05, 3.63) is 152 Å². The Balaban J connectivity index is 1.47. The molecule has 2 heteroatoms. The van der Waals surface area contributed by atoms with Gasteiger partial charge in [0.15, 0.2) is 0 Å². The van der Waals surface area contributed by atoms with Crippen LogP contribution in [0.25, 0.3) is 49.7 Å². The molecule has 0 atom stereocenters. The van der Waals surface area contributed by atoms with Crippen LogP contribution < -0.4 is 4.90 Å². The van der Waals surface area contributed by atoms with Gasteiger partial charge in [0, 0.05) is 34.9 Å². The van der Waals surface area contributed by atoms with Crippen LogP contribution in [0.3, 0.4) is 0 Å². The molecule has 7 aromatic rings. The third kappa shape index (κ3) is 4.17. The van der Waals surface area contributed by atoms with E-state index in [1.807, 2.05) is 0 Å². The van der Waals surface area contributed by atoms with Crippen LogP contribution in [0.1, 0.15) is 0 Å². The number of nitrogens with zero attached hydrogens (tertiary/aromatic N) is 2. The van der Waals surface area contributed by atoms with E-state index in [-0.39, 0.29) is 0 Å². The smallest absolute Gasteiger partial charge is 0.0542 e. The maximum atomic E-state index is 2.41. The van der Waals surface area contributed by atoms with E-state index in [9.17, 15) is 0 Å². The highest BCUT2D eigenvalue weighted by Crippen LogP contribution is 2.38. The SMILES string of the molecule is CN(c1ccccc1)c1ccc2c(c1)c1ccccc1n2-c1cc(-c2ccccc2)cc(-c2ccccc2)c1. The molecule has 1 heterocycles. The molecule has 0 aliphatic heterocycles. The zero-order chi connectivity index (χ0) is 26.2. The summed E-state index contributed by atoms with van der Waals surface area (Å²) in [6.07, 6.45) is 0. The molecule has 7 rings (SSSR count). The highest BCUT2D eigenvalue weighted by molar-refractivity contribution is 6.10. The molecule has 39 heavy (non-hydrogen) atoms. The number of rotatable bonds is 5. The van der Waals surface area contributed by atoms with Crippen LogP contribution >= 0.6 is 0 Å². The number of fused-ring (bicyclic) bond motifs is 3. The number of hydrogen-bond acceptors (Lipinski definition) is 1. The molecule has 0 saturated heterocycles. The predicted octanol–water partition coefficient (Wildman–Crippen LogP) is 9.89. The van der Waals surface area contributed by atoms with Crippen molar-refractivity contribution in [3.8, 4) is 27.9 Å². The van der Waals surface area contributed by atoms with Crippen molar-refractivity contribution < 1.29 is 0 Å². The lowest BCUT2D eigenvalue weighted by Gasteiger charge is -2.20. The molecule has 0 radical (unpaired) electrons. The van der Waals surface area contributed by atoms with Crippen LogP contribution in [-0.2, 0) is 0 Å². The first-order valence-electron chi connectivity index (χ1n) is 13.3. The van der Waals surface area contributed by atoms with Crippen molar-refractivity contribution in [2.75, 3.05) is 11.9 Å². The van der Waals surface area contributed by atoms with Gasteiger partial charge in [0.05, 0.1) is 11.0 Å². The number of para-hydroxylation sites is 2. The topological polar surface area (TPSA) is 8.17 Å². The van der Waals surface area contributed by atoms with E-state index in [1.165, 1.54) is 55.4 Å². The van der Waals surface area contributed by atoms with Crippen molar-refractivity contribution in [1.29, 1.82) is 0 Å². The van der Waals surface area contributed by atoms with E-state index in [4.69, 9.17) is 0 Å². The van der Waals surface area contributed by atoms with Crippen LogP contribution in [-0.4, -0.2) is 11.6 Å². The highest BCUT2D eigenvalue weighted by Gasteiger charge is 2.16.